The van der Waals surface area contributed by atoms with E-state index in [1.165, 1.54) is 5.56 Å². The van der Waals surface area contributed by atoms with Gasteiger partial charge in [-0.05, 0) is 51.1 Å². The number of rotatable bonds is 5. The zero-order chi connectivity index (χ0) is 18.6. The van der Waals surface area contributed by atoms with E-state index in [1.807, 2.05) is 37.3 Å². The monoisotopic (exact) mass is 382 g/mol. The second kappa shape index (κ2) is 8.02. The summed E-state index contributed by atoms with van der Waals surface area (Å²) in [4.78, 5) is 15.0. The molecule has 4 rings (SSSR count). The molecule has 0 bridgehead atoms. The van der Waals surface area contributed by atoms with Gasteiger partial charge in [-0.2, -0.15) is 0 Å². The smallest absolute Gasteiger partial charge is 0.227 e. The Labute approximate surface area is 162 Å². The molecular weight excluding hydrogens is 360 g/mol. The van der Waals surface area contributed by atoms with Gasteiger partial charge in [0.25, 0.3) is 0 Å². The van der Waals surface area contributed by atoms with E-state index in [2.05, 4.69) is 20.4 Å². The van der Waals surface area contributed by atoms with Gasteiger partial charge in [0.05, 0.1) is 12.5 Å². The molecule has 0 spiro atoms. The highest BCUT2D eigenvalue weighted by molar-refractivity contribution is 7.14. The van der Waals surface area contributed by atoms with Crippen molar-refractivity contribution in [2.75, 3.05) is 18.4 Å². The van der Waals surface area contributed by atoms with Crippen LogP contribution in [-0.2, 0) is 11.3 Å². The Morgan fingerprint density at radius 2 is 2.15 bits per heavy atom. The Bertz CT molecular complexity index is 898. The lowest BCUT2D eigenvalue weighted by molar-refractivity contribution is -0.121. The molecule has 27 heavy (non-hydrogen) atoms. The average molecular weight is 382 g/mol. The van der Waals surface area contributed by atoms with Crippen LogP contribution in [0.1, 0.15) is 23.4 Å². The summed E-state index contributed by atoms with van der Waals surface area (Å²) in [6, 6.07) is 9.81. The summed E-state index contributed by atoms with van der Waals surface area (Å²) in [7, 11) is 0. The van der Waals surface area contributed by atoms with Gasteiger partial charge in [0.2, 0.25) is 5.91 Å². The van der Waals surface area contributed by atoms with Crippen molar-refractivity contribution in [3.63, 3.8) is 0 Å². The van der Waals surface area contributed by atoms with Crippen molar-refractivity contribution in [2.45, 2.75) is 26.3 Å². The SMILES string of the molecule is Cc1nnc(-c2cccc(NC(=O)C3CCN(Cc4ccoc4)CC3)c2)s1. The summed E-state index contributed by atoms with van der Waals surface area (Å²) in [6.07, 6.45) is 5.23. The summed E-state index contributed by atoms with van der Waals surface area (Å²) >= 11 is 1.55. The lowest BCUT2D eigenvalue weighted by Crippen LogP contribution is -2.37. The van der Waals surface area contributed by atoms with Crippen LogP contribution in [0.5, 0.6) is 0 Å². The number of likely N-dealkylation sites (tertiary alicyclic amines) is 1. The van der Waals surface area contributed by atoms with Crippen LogP contribution in [0.2, 0.25) is 0 Å². The maximum Gasteiger partial charge on any atom is 0.227 e. The molecule has 3 heterocycles. The molecule has 1 amide bonds. The Kier molecular flexibility index (Phi) is 5.31. The average Bonchev–Trinajstić information content (AvgIpc) is 3.34. The summed E-state index contributed by atoms with van der Waals surface area (Å²) in [5.41, 5.74) is 2.97. The molecule has 140 valence electrons. The lowest BCUT2D eigenvalue weighted by atomic mass is 9.95. The topological polar surface area (TPSA) is 71.3 Å². The van der Waals surface area contributed by atoms with Gasteiger partial charge in [-0.25, -0.2) is 0 Å². The van der Waals surface area contributed by atoms with Crippen molar-refractivity contribution in [3.8, 4) is 10.6 Å². The molecule has 1 aromatic carbocycles. The number of aromatic nitrogens is 2. The minimum atomic E-state index is 0.0537. The molecule has 6 nitrogen and oxygen atoms in total. The molecule has 0 radical (unpaired) electrons. The van der Waals surface area contributed by atoms with E-state index in [0.717, 1.165) is 53.7 Å². The predicted octanol–water partition coefficient (Wildman–Crippen LogP) is 3.96. The molecule has 1 N–H and O–H groups in total. The molecular formula is C20H22N4O2S. The van der Waals surface area contributed by atoms with Crippen molar-refractivity contribution >= 4 is 22.9 Å². The predicted molar refractivity (Wildman–Crippen MR) is 105 cm³/mol. The summed E-state index contributed by atoms with van der Waals surface area (Å²) < 4.78 is 5.13. The number of nitrogens with one attached hydrogen (secondary N) is 1. The highest BCUT2D eigenvalue weighted by atomic mass is 32.1. The first-order chi connectivity index (χ1) is 13.2. The van der Waals surface area contributed by atoms with Crippen LogP contribution >= 0.6 is 11.3 Å². The van der Waals surface area contributed by atoms with Crippen LogP contribution in [0.15, 0.2) is 47.3 Å². The van der Waals surface area contributed by atoms with Crippen molar-refractivity contribution < 1.29 is 9.21 Å². The summed E-state index contributed by atoms with van der Waals surface area (Å²) in [6.45, 7) is 4.67. The molecule has 1 aliphatic rings. The third kappa shape index (κ3) is 4.43. The van der Waals surface area contributed by atoms with E-state index >= 15 is 0 Å². The van der Waals surface area contributed by atoms with Crippen LogP contribution < -0.4 is 5.32 Å². The Hall–Kier alpha value is -2.51. The highest BCUT2D eigenvalue weighted by Crippen LogP contribution is 2.26. The largest absolute Gasteiger partial charge is 0.472 e. The quantitative estimate of drug-likeness (QED) is 0.723. The molecule has 0 aliphatic carbocycles. The first-order valence-electron chi connectivity index (χ1n) is 9.12. The van der Waals surface area contributed by atoms with Crippen molar-refractivity contribution in [2.24, 2.45) is 5.92 Å². The van der Waals surface area contributed by atoms with Gasteiger partial charge in [0, 0.05) is 29.3 Å². The van der Waals surface area contributed by atoms with E-state index in [-0.39, 0.29) is 11.8 Å². The van der Waals surface area contributed by atoms with Gasteiger partial charge in [0.15, 0.2) is 0 Å². The number of nitrogens with zero attached hydrogens (tertiary/aromatic N) is 3. The number of benzene rings is 1. The maximum absolute atomic E-state index is 12.7. The van der Waals surface area contributed by atoms with Crippen molar-refractivity contribution in [1.82, 2.24) is 15.1 Å². The zero-order valence-electron chi connectivity index (χ0n) is 15.2. The molecule has 0 saturated carbocycles. The van der Waals surface area contributed by atoms with E-state index in [9.17, 15) is 4.79 Å². The minimum Gasteiger partial charge on any atom is -0.472 e. The number of hydrogen-bond donors (Lipinski definition) is 1. The number of furan rings is 1. The fourth-order valence-corrected chi connectivity index (χ4v) is 4.07. The standard InChI is InChI=1S/C20H22N4O2S/c1-14-22-23-20(27-14)17-3-2-4-18(11-17)21-19(25)16-5-8-24(9-6-16)12-15-7-10-26-13-15/h2-4,7,10-11,13,16H,5-6,8-9,12H2,1H3,(H,21,25). The fourth-order valence-electron chi connectivity index (χ4n) is 3.38. The third-order valence-corrected chi connectivity index (χ3v) is 5.74. The lowest BCUT2D eigenvalue weighted by Gasteiger charge is -2.30. The number of carbonyl (C=O) groups excluding carboxylic acids is 1. The normalized spacial score (nSPS) is 15.7. The number of hydrogen-bond acceptors (Lipinski definition) is 6. The number of piperidine rings is 1. The molecule has 0 unspecified atom stereocenters. The second-order valence-electron chi connectivity index (χ2n) is 6.88. The molecule has 7 heteroatoms. The van der Waals surface area contributed by atoms with E-state index in [0.29, 0.717) is 0 Å². The van der Waals surface area contributed by atoms with E-state index in [4.69, 9.17) is 4.42 Å². The zero-order valence-corrected chi connectivity index (χ0v) is 16.0. The first kappa shape index (κ1) is 17.9. The highest BCUT2D eigenvalue weighted by Gasteiger charge is 2.25. The van der Waals surface area contributed by atoms with Gasteiger partial charge in [0.1, 0.15) is 10.0 Å². The van der Waals surface area contributed by atoms with Crippen molar-refractivity contribution in [1.29, 1.82) is 0 Å². The van der Waals surface area contributed by atoms with E-state index in [1.54, 1.807) is 23.9 Å². The second-order valence-corrected chi connectivity index (χ2v) is 8.06. The number of anilines is 1. The maximum atomic E-state index is 12.7. The van der Waals surface area contributed by atoms with Crippen LogP contribution in [0.25, 0.3) is 10.6 Å². The fraction of sp³-hybridized carbons (Fsp3) is 0.350. The molecule has 3 aromatic rings. The Morgan fingerprint density at radius 1 is 1.30 bits per heavy atom. The molecule has 2 aromatic heterocycles. The first-order valence-corrected chi connectivity index (χ1v) is 9.94. The molecule has 1 aliphatic heterocycles. The van der Waals surface area contributed by atoms with Gasteiger partial charge in [-0.1, -0.05) is 23.5 Å². The molecule has 0 atom stereocenters. The number of aryl methyl sites for hydroxylation is 1. The third-order valence-electron chi connectivity index (χ3n) is 4.85. The van der Waals surface area contributed by atoms with Crippen LogP contribution in [0, 0.1) is 12.8 Å². The number of amides is 1. The summed E-state index contributed by atoms with van der Waals surface area (Å²) in [5, 5.41) is 13.1. The van der Waals surface area contributed by atoms with Crippen LogP contribution in [0.3, 0.4) is 0 Å². The van der Waals surface area contributed by atoms with Crippen LogP contribution in [-0.4, -0.2) is 34.1 Å². The molecule has 1 saturated heterocycles. The Balaban J connectivity index is 1.33. The van der Waals surface area contributed by atoms with Crippen LogP contribution in [0.4, 0.5) is 5.69 Å². The van der Waals surface area contributed by atoms with Gasteiger partial charge in [-0.15, -0.1) is 10.2 Å². The minimum absolute atomic E-state index is 0.0537. The number of carbonyl (C=O) groups is 1. The van der Waals surface area contributed by atoms with Gasteiger partial charge >= 0.3 is 0 Å². The van der Waals surface area contributed by atoms with Crippen molar-refractivity contribution in [3.05, 3.63) is 53.4 Å². The molecule has 1 fully saturated rings. The summed E-state index contributed by atoms with van der Waals surface area (Å²) in [5.74, 6) is 0.154. The van der Waals surface area contributed by atoms with Gasteiger partial charge in [-0.3, -0.25) is 9.69 Å². The Morgan fingerprint density at radius 3 is 2.85 bits per heavy atom. The van der Waals surface area contributed by atoms with Gasteiger partial charge < -0.3 is 9.73 Å². The van der Waals surface area contributed by atoms with E-state index < -0.39 is 0 Å².